The van der Waals surface area contributed by atoms with Crippen molar-refractivity contribution < 1.29 is 0 Å². The monoisotopic (exact) mass is 196 g/mol. The second kappa shape index (κ2) is 4.94. The molecule has 0 amide bonds. The largest absolute Gasteiger partial charge is 0.313 e. The summed E-state index contributed by atoms with van der Waals surface area (Å²) < 4.78 is 0. The van der Waals surface area contributed by atoms with Crippen LogP contribution in [0.25, 0.3) is 0 Å². The first-order valence-corrected chi connectivity index (χ1v) is 5.68. The summed E-state index contributed by atoms with van der Waals surface area (Å²) in [6, 6.07) is 0. The Balaban J connectivity index is 2.33. The number of hydrogen-bond acceptors (Lipinski definition) is 2. The second-order valence-electron chi connectivity index (χ2n) is 4.87. The number of likely N-dealkylation sites (N-methyl/N-ethyl adjacent to an activating group) is 1. The van der Waals surface area contributed by atoms with Crippen molar-refractivity contribution in [2.75, 3.05) is 26.2 Å². The molecule has 0 aromatic rings. The average Bonchev–Trinajstić information content (AvgIpc) is 2.43. The molecule has 1 fully saturated rings. The Hall–Kier alpha value is -0.340. The highest BCUT2D eigenvalue weighted by atomic mass is 15.2. The van der Waals surface area contributed by atoms with Gasteiger partial charge in [-0.2, -0.15) is 0 Å². The molecule has 1 aliphatic heterocycles. The highest BCUT2D eigenvalue weighted by molar-refractivity contribution is 5.03. The molecule has 82 valence electrons. The summed E-state index contributed by atoms with van der Waals surface area (Å²) in [6.07, 6.45) is 2.66. The van der Waals surface area contributed by atoms with Gasteiger partial charge in [0.2, 0.25) is 0 Å². The van der Waals surface area contributed by atoms with E-state index < -0.39 is 0 Å². The zero-order valence-corrected chi connectivity index (χ0v) is 9.90. The number of rotatable bonds is 5. The summed E-state index contributed by atoms with van der Waals surface area (Å²) >= 11 is 0. The zero-order valence-electron chi connectivity index (χ0n) is 9.90. The maximum Gasteiger partial charge on any atom is 0.0208 e. The molecule has 2 heteroatoms. The summed E-state index contributed by atoms with van der Waals surface area (Å²) in [5.41, 5.74) is 1.69. The molecular weight excluding hydrogens is 172 g/mol. The minimum atomic E-state index is 0.384. The molecule has 2 nitrogen and oxygen atoms in total. The summed E-state index contributed by atoms with van der Waals surface area (Å²) in [5.74, 6) is 0. The van der Waals surface area contributed by atoms with Gasteiger partial charge < -0.3 is 5.32 Å². The Kier molecular flexibility index (Phi) is 4.14. The first kappa shape index (κ1) is 11.7. The van der Waals surface area contributed by atoms with Crippen LogP contribution in [0.4, 0.5) is 0 Å². The maximum atomic E-state index is 4.12. The summed E-state index contributed by atoms with van der Waals surface area (Å²) in [4.78, 5) is 2.55. The third-order valence-electron chi connectivity index (χ3n) is 3.11. The highest BCUT2D eigenvalue weighted by Crippen LogP contribution is 2.28. The van der Waals surface area contributed by atoms with Crippen LogP contribution < -0.4 is 5.32 Å². The molecular formula is C12H24N2. The predicted molar refractivity (Wildman–Crippen MR) is 62.6 cm³/mol. The van der Waals surface area contributed by atoms with Crippen molar-refractivity contribution >= 4 is 0 Å². The molecule has 1 N–H and O–H groups in total. The third kappa shape index (κ3) is 3.10. The van der Waals surface area contributed by atoms with E-state index in [9.17, 15) is 0 Å². The molecule has 1 heterocycles. The van der Waals surface area contributed by atoms with Crippen LogP contribution in [0.5, 0.6) is 0 Å². The quantitative estimate of drug-likeness (QED) is 0.677. The fourth-order valence-electron chi connectivity index (χ4n) is 2.08. The Morgan fingerprint density at radius 2 is 2.21 bits per heavy atom. The van der Waals surface area contributed by atoms with Gasteiger partial charge >= 0.3 is 0 Å². The first-order chi connectivity index (χ1) is 6.56. The highest BCUT2D eigenvalue weighted by Gasteiger charge is 2.31. The number of nitrogens with zero attached hydrogens (tertiary/aromatic N) is 1. The second-order valence-corrected chi connectivity index (χ2v) is 4.87. The maximum absolute atomic E-state index is 4.12. The van der Waals surface area contributed by atoms with Crippen molar-refractivity contribution in [1.82, 2.24) is 10.2 Å². The van der Waals surface area contributed by atoms with Crippen molar-refractivity contribution in [2.45, 2.75) is 39.2 Å². The molecule has 0 aromatic heterocycles. The number of likely N-dealkylation sites (tertiary alicyclic amines) is 1. The van der Waals surface area contributed by atoms with Gasteiger partial charge in [-0.25, -0.2) is 0 Å². The molecule has 1 saturated heterocycles. The lowest BCUT2D eigenvalue weighted by Crippen LogP contribution is -2.40. The van der Waals surface area contributed by atoms with E-state index in [-0.39, 0.29) is 0 Å². The lowest BCUT2D eigenvalue weighted by atomic mass is 10.0. The van der Waals surface area contributed by atoms with Crippen LogP contribution in [0.3, 0.4) is 0 Å². The molecule has 0 saturated carbocycles. The van der Waals surface area contributed by atoms with Crippen LogP contribution >= 0.6 is 0 Å². The van der Waals surface area contributed by atoms with Crippen LogP contribution in [0, 0.1) is 0 Å². The van der Waals surface area contributed by atoms with E-state index in [2.05, 4.69) is 37.6 Å². The SMILES string of the molecule is C=C(CNCC)CN1CCCC1(C)C. The van der Waals surface area contributed by atoms with Crippen molar-refractivity contribution in [3.05, 3.63) is 12.2 Å². The smallest absolute Gasteiger partial charge is 0.0208 e. The van der Waals surface area contributed by atoms with Gasteiger partial charge in [0.1, 0.15) is 0 Å². The third-order valence-corrected chi connectivity index (χ3v) is 3.11. The Morgan fingerprint density at radius 3 is 2.71 bits per heavy atom. The van der Waals surface area contributed by atoms with Gasteiger partial charge in [-0.05, 0) is 45.4 Å². The molecule has 0 spiro atoms. The van der Waals surface area contributed by atoms with Gasteiger partial charge in [-0.3, -0.25) is 4.90 Å². The molecule has 14 heavy (non-hydrogen) atoms. The lowest BCUT2D eigenvalue weighted by molar-refractivity contribution is 0.190. The van der Waals surface area contributed by atoms with Crippen LogP contribution in [-0.2, 0) is 0 Å². The van der Waals surface area contributed by atoms with Crippen LogP contribution in [-0.4, -0.2) is 36.6 Å². The number of nitrogens with one attached hydrogen (secondary N) is 1. The summed E-state index contributed by atoms with van der Waals surface area (Å²) in [7, 11) is 0. The van der Waals surface area contributed by atoms with E-state index in [0.717, 1.165) is 19.6 Å². The average molecular weight is 196 g/mol. The van der Waals surface area contributed by atoms with Gasteiger partial charge in [-0.1, -0.05) is 13.5 Å². The molecule has 0 aliphatic carbocycles. The molecule has 0 bridgehead atoms. The Morgan fingerprint density at radius 1 is 1.50 bits per heavy atom. The van der Waals surface area contributed by atoms with E-state index in [1.165, 1.54) is 25.0 Å². The lowest BCUT2D eigenvalue weighted by Gasteiger charge is -2.32. The van der Waals surface area contributed by atoms with Gasteiger partial charge in [0, 0.05) is 18.6 Å². The first-order valence-electron chi connectivity index (χ1n) is 5.68. The van der Waals surface area contributed by atoms with Crippen molar-refractivity contribution in [3.63, 3.8) is 0 Å². The molecule has 0 unspecified atom stereocenters. The van der Waals surface area contributed by atoms with Gasteiger partial charge in [-0.15, -0.1) is 0 Å². The van der Waals surface area contributed by atoms with E-state index in [1.807, 2.05) is 0 Å². The van der Waals surface area contributed by atoms with E-state index in [4.69, 9.17) is 0 Å². The fraction of sp³-hybridized carbons (Fsp3) is 0.833. The van der Waals surface area contributed by atoms with Crippen molar-refractivity contribution in [1.29, 1.82) is 0 Å². The Bertz CT molecular complexity index is 196. The molecule has 0 atom stereocenters. The molecule has 0 aromatic carbocycles. The molecule has 1 aliphatic rings. The topological polar surface area (TPSA) is 15.3 Å². The summed E-state index contributed by atoms with van der Waals surface area (Å²) in [6.45, 7) is 15.2. The molecule has 0 radical (unpaired) electrons. The van der Waals surface area contributed by atoms with Gasteiger partial charge in [0.15, 0.2) is 0 Å². The number of hydrogen-bond donors (Lipinski definition) is 1. The predicted octanol–water partition coefficient (Wildman–Crippen LogP) is 2.03. The van der Waals surface area contributed by atoms with Crippen LogP contribution in [0.1, 0.15) is 33.6 Å². The minimum absolute atomic E-state index is 0.384. The minimum Gasteiger partial charge on any atom is -0.313 e. The van der Waals surface area contributed by atoms with Crippen molar-refractivity contribution in [2.24, 2.45) is 0 Å². The van der Waals surface area contributed by atoms with Crippen LogP contribution in [0.15, 0.2) is 12.2 Å². The molecule has 1 rings (SSSR count). The zero-order chi connectivity index (χ0) is 10.6. The van der Waals surface area contributed by atoms with Crippen LogP contribution in [0.2, 0.25) is 0 Å². The van der Waals surface area contributed by atoms with E-state index in [1.54, 1.807) is 0 Å². The van der Waals surface area contributed by atoms with E-state index in [0.29, 0.717) is 5.54 Å². The van der Waals surface area contributed by atoms with E-state index >= 15 is 0 Å². The summed E-state index contributed by atoms with van der Waals surface area (Å²) in [5, 5.41) is 3.32. The van der Waals surface area contributed by atoms with Gasteiger partial charge in [0.25, 0.3) is 0 Å². The van der Waals surface area contributed by atoms with Crippen molar-refractivity contribution in [3.8, 4) is 0 Å². The Labute approximate surface area is 88.4 Å². The van der Waals surface area contributed by atoms with Gasteiger partial charge in [0.05, 0.1) is 0 Å². The standard InChI is InChI=1S/C12H24N2/c1-5-13-9-11(2)10-14-8-6-7-12(14,3)4/h13H,2,5-10H2,1,3-4H3. The fourth-order valence-corrected chi connectivity index (χ4v) is 2.08. The normalized spacial score (nSPS) is 21.4.